The summed E-state index contributed by atoms with van der Waals surface area (Å²) in [5.74, 6) is -3.84. The van der Waals surface area contributed by atoms with Gasteiger partial charge in [0.2, 0.25) is 0 Å². The number of nitrogens with zero attached hydrogens (tertiary/aromatic N) is 5. The van der Waals surface area contributed by atoms with Crippen molar-refractivity contribution in [3.05, 3.63) is 71.5 Å². The fourth-order valence-corrected chi connectivity index (χ4v) is 4.71. The molecule has 1 fully saturated rings. The fourth-order valence-electron chi connectivity index (χ4n) is 4.56. The molecule has 2 aromatic carbocycles. The molecule has 0 spiro atoms. The minimum Gasteiger partial charge on any atom is -0.494 e. The van der Waals surface area contributed by atoms with E-state index in [9.17, 15) is 27.2 Å². The predicted molar refractivity (Wildman–Crippen MR) is 134 cm³/mol. The van der Waals surface area contributed by atoms with E-state index in [2.05, 4.69) is 15.4 Å². The van der Waals surface area contributed by atoms with Crippen LogP contribution in [0, 0.1) is 5.82 Å². The van der Waals surface area contributed by atoms with Crippen LogP contribution in [0.4, 0.5) is 23.2 Å². The topological polar surface area (TPSA) is 101 Å². The number of halogens is 5. The minimum absolute atomic E-state index is 0.0517. The first-order chi connectivity index (χ1) is 19.0. The number of methoxy groups -OCH3 is 1. The van der Waals surface area contributed by atoms with Crippen molar-refractivity contribution >= 4 is 35.0 Å². The van der Waals surface area contributed by atoms with E-state index in [4.69, 9.17) is 21.2 Å². The number of carbonyl (C=O) groups is 2. The molecule has 0 saturated carbocycles. The zero-order chi connectivity index (χ0) is 28.6. The first kappa shape index (κ1) is 27.2. The van der Waals surface area contributed by atoms with Crippen LogP contribution in [-0.4, -0.2) is 63.3 Å². The zero-order valence-corrected chi connectivity index (χ0v) is 21.5. The molecule has 2 unspecified atom stereocenters. The van der Waals surface area contributed by atoms with Crippen LogP contribution >= 0.6 is 11.6 Å². The van der Waals surface area contributed by atoms with Crippen molar-refractivity contribution in [1.29, 1.82) is 0 Å². The van der Waals surface area contributed by atoms with Gasteiger partial charge in [0.05, 0.1) is 12.8 Å². The van der Waals surface area contributed by atoms with Crippen LogP contribution < -0.4 is 10.1 Å². The van der Waals surface area contributed by atoms with E-state index in [1.165, 1.54) is 42.7 Å². The molecule has 40 heavy (non-hydrogen) atoms. The quantitative estimate of drug-likeness (QED) is 0.441. The molecule has 210 valence electrons. The van der Waals surface area contributed by atoms with Gasteiger partial charge in [-0.2, -0.15) is 13.2 Å². The van der Waals surface area contributed by atoms with Crippen molar-refractivity contribution in [2.45, 2.75) is 31.1 Å². The van der Waals surface area contributed by atoms with E-state index < -0.39 is 30.0 Å². The number of hydrogen-bond donors (Lipinski definition) is 1. The third kappa shape index (κ3) is 5.52. The average molecular weight is 581 g/mol. The lowest BCUT2D eigenvalue weighted by atomic mass is 9.91. The second-order valence-electron chi connectivity index (χ2n) is 8.97. The van der Waals surface area contributed by atoms with Crippen LogP contribution in [0.15, 0.2) is 60.1 Å². The number of guanidine groups is 1. The van der Waals surface area contributed by atoms with E-state index in [-0.39, 0.29) is 36.3 Å². The van der Waals surface area contributed by atoms with E-state index in [1.54, 1.807) is 29.0 Å². The summed E-state index contributed by atoms with van der Waals surface area (Å²) in [4.78, 5) is 33.3. The number of anilines is 1. The summed E-state index contributed by atoms with van der Waals surface area (Å²) in [5, 5.41) is 9.60. The van der Waals surface area contributed by atoms with Gasteiger partial charge in [0.15, 0.2) is 6.17 Å². The summed E-state index contributed by atoms with van der Waals surface area (Å²) in [6, 6.07) is 10.0. The summed E-state index contributed by atoms with van der Waals surface area (Å²) >= 11 is 5.91. The number of aromatic nitrogens is 2. The molecule has 2 aliphatic heterocycles. The zero-order valence-electron chi connectivity index (χ0n) is 20.7. The SMILES string of the molecule is COc1cc(NC2=NN3CCC(=O)CC(c4ccc(F)cc4)C3N2OC(=O)C(F)(F)F)ccc1-n1cnc(Cl)c1. The maximum absolute atomic E-state index is 13.6. The van der Waals surface area contributed by atoms with Gasteiger partial charge in [-0.05, 0) is 29.8 Å². The molecule has 5 rings (SSSR count). The third-order valence-corrected chi connectivity index (χ3v) is 6.58. The number of hydrogen-bond acceptors (Lipinski definition) is 9. The van der Waals surface area contributed by atoms with E-state index in [0.29, 0.717) is 27.8 Å². The molecule has 3 aromatic rings. The third-order valence-electron chi connectivity index (χ3n) is 6.38. The fraction of sp³-hybridized carbons (Fsp3) is 0.280. The Morgan fingerprint density at radius 1 is 1.18 bits per heavy atom. The molecule has 3 heterocycles. The maximum atomic E-state index is 13.6. The Bertz CT molecular complexity index is 1460. The monoisotopic (exact) mass is 580 g/mol. The Kier molecular flexibility index (Phi) is 7.27. The molecule has 0 amide bonds. The number of hydroxylamine groups is 2. The normalized spacial score (nSPS) is 19.1. The van der Waals surface area contributed by atoms with Gasteiger partial charge in [0.25, 0.3) is 5.96 Å². The highest BCUT2D eigenvalue weighted by molar-refractivity contribution is 6.29. The lowest BCUT2D eigenvalue weighted by Crippen LogP contribution is -2.49. The van der Waals surface area contributed by atoms with Gasteiger partial charge in [0.1, 0.15) is 28.8 Å². The summed E-state index contributed by atoms with van der Waals surface area (Å²) < 4.78 is 60.6. The number of ether oxygens (including phenoxy) is 1. The van der Waals surface area contributed by atoms with E-state index >= 15 is 0 Å². The van der Waals surface area contributed by atoms with Crippen LogP contribution in [0.3, 0.4) is 0 Å². The van der Waals surface area contributed by atoms with Gasteiger partial charge in [-0.1, -0.05) is 23.7 Å². The molecule has 2 aliphatic rings. The highest BCUT2D eigenvalue weighted by Crippen LogP contribution is 2.38. The molecular weight excluding hydrogens is 560 g/mol. The summed E-state index contributed by atoms with van der Waals surface area (Å²) in [6.07, 6.45) is -3.43. The van der Waals surface area contributed by atoms with Gasteiger partial charge in [-0.25, -0.2) is 14.2 Å². The second-order valence-corrected chi connectivity index (χ2v) is 9.36. The van der Waals surface area contributed by atoms with E-state index in [1.807, 2.05) is 0 Å². The molecule has 0 bridgehead atoms. The average Bonchev–Trinajstić information content (AvgIpc) is 3.44. The van der Waals surface area contributed by atoms with Gasteiger partial charge in [0, 0.05) is 43.3 Å². The molecular formula is C25H21ClF4N6O4. The molecule has 1 N–H and O–H groups in total. The number of rotatable bonds is 5. The van der Waals surface area contributed by atoms with Crippen LogP contribution in [0.25, 0.3) is 5.69 Å². The largest absolute Gasteiger partial charge is 0.494 e. The van der Waals surface area contributed by atoms with Crippen LogP contribution in [-0.2, 0) is 14.4 Å². The number of benzene rings is 2. The minimum atomic E-state index is -5.30. The number of nitrogens with one attached hydrogen (secondary N) is 1. The Labute approximate surface area is 229 Å². The molecule has 1 aromatic heterocycles. The van der Waals surface area contributed by atoms with Crippen molar-refractivity contribution < 1.29 is 36.7 Å². The number of alkyl halides is 3. The lowest BCUT2D eigenvalue weighted by molar-refractivity contribution is -0.235. The van der Waals surface area contributed by atoms with Gasteiger partial charge in [-0.15, -0.1) is 10.2 Å². The number of hydrazone groups is 1. The Balaban J connectivity index is 1.51. The summed E-state index contributed by atoms with van der Waals surface area (Å²) in [5.41, 5.74) is 1.37. The van der Waals surface area contributed by atoms with Gasteiger partial charge < -0.3 is 19.5 Å². The first-order valence-electron chi connectivity index (χ1n) is 11.9. The van der Waals surface area contributed by atoms with Crippen molar-refractivity contribution in [1.82, 2.24) is 19.6 Å². The van der Waals surface area contributed by atoms with Crippen LogP contribution in [0.1, 0.15) is 24.3 Å². The van der Waals surface area contributed by atoms with Gasteiger partial charge >= 0.3 is 12.1 Å². The molecule has 0 radical (unpaired) electrons. The number of fused-ring (bicyclic) bond motifs is 1. The number of ketones is 1. The first-order valence-corrected chi connectivity index (χ1v) is 12.3. The molecule has 10 nitrogen and oxygen atoms in total. The maximum Gasteiger partial charge on any atom is 0.493 e. The second kappa shape index (κ2) is 10.7. The Morgan fingerprint density at radius 3 is 2.58 bits per heavy atom. The highest BCUT2D eigenvalue weighted by atomic mass is 35.5. The molecule has 2 atom stereocenters. The van der Waals surface area contributed by atoms with Crippen LogP contribution in [0.5, 0.6) is 5.75 Å². The van der Waals surface area contributed by atoms with Crippen molar-refractivity contribution in [3.8, 4) is 11.4 Å². The Hall–Kier alpha value is -4.33. The van der Waals surface area contributed by atoms with E-state index in [0.717, 1.165) is 0 Å². The number of carbonyl (C=O) groups excluding carboxylic acids is 2. The van der Waals surface area contributed by atoms with Crippen molar-refractivity contribution in [2.24, 2.45) is 5.10 Å². The van der Waals surface area contributed by atoms with Crippen LogP contribution in [0.2, 0.25) is 5.15 Å². The lowest BCUT2D eigenvalue weighted by Gasteiger charge is -2.34. The molecule has 15 heteroatoms. The number of Topliss-reactive ketones (excluding diaryl/α,β-unsaturated/α-hetero) is 1. The van der Waals surface area contributed by atoms with Crippen molar-refractivity contribution in [2.75, 3.05) is 19.0 Å². The van der Waals surface area contributed by atoms with Crippen molar-refractivity contribution in [3.63, 3.8) is 0 Å². The molecule has 1 saturated heterocycles. The smallest absolute Gasteiger partial charge is 0.493 e. The summed E-state index contributed by atoms with van der Waals surface area (Å²) in [7, 11) is 1.43. The predicted octanol–water partition coefficient (Wildman–Crippen LogP) is 4.47. The highest BCUT2D eigenvalue weighted by Gasteiger charge is 2.50. The Morgan fingerprint density at radius 2 is 1.93 bits per heavy atom. The summed E-state index contributed by atoms with van der Waals surface area (Å²) in [6.45, 7) is 0.0517. The van der Waals surface area contributed by atoms with Gasteiger partial charge in [-0.3, -0.25) is 9.80 Å². The standard InChI is InChI=1S/C25H21ClF4N6O4/c1-39-20-10-16(6-7-19(20)34-12-21(26)31-13-34)32-24-33-35-9-8-17(37)11-18(14-2-4-15(27)5-3-14)22(35)36(24)40-23(38)25(28,29)30/h2-7,10,12-13,18,22H,8-9,11H2,1H3,(H,32,33). The molecule has 0 aliphatic carbocycles. The number of imidazole rings is 1.